The molecule has 14 heavy (non-hydrogen) atoms. The molecule has 1 N–H and O–H groups in total. The van der Waals surface area contributed by atoms with Gasteiger partial charge in [-0.3, -0.25) is 4.79 Å². The van der Waals surface area contributed by atoms with Crippen molar-refractivity contribution in [2.45, 2.75) is 32.0 Å². The molecule has 1 unspecified atom stereocenters. The van der Waals surface area contributed by atoms with E-state index in [9.17, 15) is 18.0 Å². The third-order valence-corrected chi connectivity index (χ3v) is 1.64. The lowest BCUT2D eigenvalue weighted by Crippen LogP contribution is -2.35. The number of hydrogen-bond donors (Lipinski definition) is 1. The smallest absolute Gasteiger partial charge is 0.389 e. The van der Waals surface area contributed by atoms with Crippen LogP contribution < -0.4 is 5.32 Å². The molecule has 0 radical (unpaired) electrons. The molecule has 0 fully saturated rings. The van der Waals surface area contributed by atoms with Crippen LogP contribution in [0.3, 0.4) is 0 Å². The van der Waals surface area contributed by atoms with Crippen molar-refractivity contribution in [3.05, 3.63) is 0 Å². The summed E-state index contributed by atoms with van der Waals surface area (Å²) in [5, 5.41) is 2.63. The van der Waals surface area contributed by atoms with E-state index in [-0.39, 0.29) is 13.0 Å². The molecule has 0 aliphatic rings. The Labute approximate surface area is 80.6 Å². The van der Waals surface area contributed by atoms with Crippen LogP contribution in [0.2, 0.25) is 0 Å². The lowest BCUT2D eigenvalue weighted by atomic mass is 10.2. The Morgan fingerprint density at radius 2 is 2.07 bits per heavy atom. The molecule has 0 amide bonds. The quantitative estimate of drug-likeness (QED) is 0.555. The number of carbonyl (C=O) groups excluding carboxylic acids is 1. The highest BCUT2D eigenvalue weighted by molar-refractivity contribution is 5.74. The zero-order valence-corrected chi connectivity index (χ0v) is 8.15. The van der Waals surface area contributed by atoms with E-state index in [4.69, 9.17) is 0 Å². The fourth-order valence-electron chi connectivity index (χ4n) is 0.868. The summed E-state index contributed by atoms with van der Waals surface area (Å²) < 4.78 is 39.4. The van der Waals surface area contributed by atoms with Gasteiger partial charge in [0.15, 0.2) is 0 Å². The number of halogens is 3. The van der Waals surface area contributed by atoms with Gasteiger partial charge in [-0.25, -0.2) is 0 Å². The fraction of sp³-hybridized carbons (Fsp3) is 0.875. The van der Waals surface area contributed by atoms with Gasteiger partial charge in [0, 0.05) is 6.42 Å². The average molecular weight is 213 g/mol. The first-order valence-corrected chi connectivity index (χ1v) is 4.25. The molecule has 0 saturated carbocycles. The Morgan fingerprint density at radius 3 is 2.50 bits per heavy atom. The number of carbonyl (C=O) groups is 1. The predicted molar refractivity (Wildman–Crippen MR) is 44.8 cm³/mol. The van der Waals surface area contributed by atoms with Gasteiger partial charge in [-0.05, 0) is 19.9 Å². The van der Waals surface area contributed by atoms with Crippen molar-refractivity contribution in [2.24, 2.45) is 0 Å². The minimum atomic E-state index is -4.13. The minimum absolute atomic E-state index is 0.0369. The largest absolute Gasteiger partial charge is 0.468 e. The number of nitrogens with one attached hydrogen (secondary N) is 1. The second kappa shape index (κ2) is 5.85. The van der Waals surface area contributed by atoms with E-state index in [1.54, 1.807) is 6.92 Å². The molecule has 0 aromatic rings. The highest BCUT2D eigenvalue weighted by Crippen LogP contribution is 2.20. The van der Waals surface area contributed by atoms with Crippen LogP contribution in [0.25, 0.3) is 0 Å². The molecule has 0 bridgehead atoms. The lowest BCUT2D eigenvalue weighted by molar-refractivity contribution is -0.142. The van der Waals surface area contributed by atoms with Crippen LogP contribution >= 0.6 is 0 Å². The van der Waals surface area contributed by atoms with Crippen molar-refractivity contribution in [1.29, 1.82) is 0 Å². The van der Waals surface area contributed by atoms with Crippen LogP contribution in [0.15, 0.2) is 0 Å². The van der Waals surface area contributed by atoms with E-state index in [1.165, 1.54) is 7.11 Å². The van der Waals surface area contributed by atoms with Gasteiger partial charge in [-0.1, -0.05) is 0 Å². The molecule has 0 rings (SSSR count). The average Bonchev–Trinajstić information content (AvgIpc) is 2.09. The van der Waals surface area contributed by atoms with Crippen LogP contribution in [0.4, 0.5) is 13.2 Å². The third kappa shape index (κ3) is 6.71. The van der Waals surface area contributed by atoms with E-state index in [2.05, 4.69) is 10.1 Å². The second-order valence-corrected chi connectivity index (χ2v) is 2.92. The van der Waals surface area contributed by atoms with E-state index < -0.39 is 24.6 Å². The van der Waals surface area contributed by atoms with Gasteiger partial charge in [0.1, 0.15) is 6.04 Å². The van der Waals surface area contributed by atoms with Crippen LogP contribution in [0, 0.1) is 0 Å². The number of rotatable bonds is 5. The van der Waals surface area contributed by atoms with Crippen LogP contribution in [-0.4, -0.2) is 31.8 Å². The van der Waals surface area contributed by atoms with Crippen LogP contribution in [0.1, 0.15) is 19.8 Å². The number of methoxy groups -OCH3 is 1. The summed E-state index contributed by atoms with van der Waals surface area (Å²) in [4.78, 5) is 10.8. The Kier molecular flexibility index (Phi) is 5.52. The predicted octanol–water partition coefficient (Wildman–Crippen LogP) is 1.48. The molecule has 84 valence electrons. The third-order valence-electron chi connectivity index (χ3n) is 1.64. The van der Waals surface area contributed by atoms with Gasteiger partial charge in [0.2, 0.25) is 0 Å². The summed E-state index contributed by atoms with van der Waals surface area (Å²) in [5.41, 5.74) is 0. The molecule has 6 heteroatoms. The maximum atomic E-state index is 11.7. The van der Waals surface area contributed by atoms with Crippen molar-refractivity contribution in [2.75, 3.05) is 13.7 Å². The number of alkyl halides is 3. The monoisotopic (exact) mass is 213 g/mol. The summed E-state index contributed by atoms with van der Waals surface area (Å²) in [6, 6.07) is -0.562. The highest BCUT2D eigenvalue weighted by atomic mass is 19.4. The molecule has 0 aliphatic carbocycles. The summed E-state index contributed by atoms with van der Waals surface area (Å²) in [7, 11) is 1.23. The topological polar surface area (TPSA) is 38.3 Å². The van der Waals surface area contributed by atoms with Crippen molar-refractivity contribution in [1.82, 2.24) is 5.32 Å². The molecule has 0 heterocycles. The molecular weight excluding hydrogens is 199 g/mol. The number of ether oxygens (including phenoxy) is 1. The maximum Gasteiger partial charge on any atom is 0.389 e. The zero-order valence-electron chi connectivity index (χ0n) is 8.15. The molecule has 0 aliphatic heterocycles. The first kappa shape index (κ1) is 13.2. The van der Waals surface area contributed by atoms with Gasteiger partial charge in [0.05, 0.1) is 7.11 Å². The zero-order chi connectivity index (χ0) is 11.2. The summed E-state index contributed by atoms with van der Waals surface area (Å²) in [6.07, 6.45) is -5.01. The van der Waals surface area contributed by atoms with E-state index in [1.807, 2.05) is 0 Å². The SMILES string of the molecule is COC(=O)C(C)NCCCC(F)(F)F. The molecule has 0 aromatic heterocycles. The van der Waals surface area contributed by atoms with Crippen molar-refractivity contribution in [3.8, 4) is 0 Å². The lowest BCUT2D eigenvalue weighted by Gasteiger charge is -2.11. The second-order valence-electron chi connectivity index (χ2n) is 2.92. The van der Waals surface area contributed by atoms with E-state index >= 15 is 0 Å². The highest BCUT2D eigenvalue weighted by Gasteiger charge is 2.26. The molecular formula is C8H14F3NO2. The molecule has 0 aromatic carbocycles. The van der Waals surface area contributed by atoms with Crippen LogP contribution in [0.5, 0.6) is 0 Å². The van der Waals surface area contributed by atoms with Crippen molar-refractivity contribution < 1.29 is 22.7 Å². The van der Waals surface area contributed by atoms with Gasteiger partial charge in [-0.2, -0.15) is 13.2 Å². The number of hydrogen-bond acceptors (Lipinski definition) is 3. The first-order chi connectivity index (χ1) is 6.37. The number of esters is 1. The normalized spacial score (nSPS) is 13.8. The van der Waals surface area contributed by atoms with Gasteiger partial charge in [-0.15, -0.1) is 0 Å². The van der Waals surface area contributed by atoms with E-state index in [0.29, 0.717) is 0 Å². The summed E-state index contributed by atoms with van der Waals surface area (Å²) >= 11 is 0. The molecule has 0 spiro atoms. The Bertz CT molecular complexity index is 182. The standard InChI is InChI=1S/C8H14F3NO2/c1-6(7(13)14-2)12-5-3-4-8(9,10)11/h6,12H,3-5H2,1-2H3. The minimum Gasteiger partial charge on any atom is -0.468 e. The first-order valence-electron chi connectivity index (χ1n) is 4.25. The van der Waals surface area contributed by atoms with E-state index in [0.717, 1.165) is 0 Å². The van der Waals surface area contributed by atoms with Crippen LogP contribution in [-0.2, 0) is 9.53 Å². The summed E-state index contributed by atoms with van der Waals surface area (Å²) in [6.45, 7) is 1.69. The van der Waals surface area contributed by atoms with Gasteiger partial charge >= 0.3 is 12.1 Å². The molecule has 0 saturated heterocycles. The van der Waals surface area contributed by atoms with Crippen molar-refractivity contribution >= 4 is 5.97 Å². The molecule has 1 atom stereocenters. The fourth-order valence-corrected chi connectivity index (χ4v) is 0.868. The maximum absolute atomic E-state index is 11.7. The molecule has 3 nitrogen and oxygen atoms in total. The summed E-state index contributed by atoms with van der Waals surface area (Å²) in [5.74, 6) is -0.475. The Balaban J connectivity index is 3.50. The van der Waals surface area contributed by atoms with Gasteiger partial charge in [0.25, 0.3) is 0 Å². The Hall–Kier alpha value is -0.780. The Morgan fingerprint density at radius 1 is 1.50 bits per heavy atom. The van der Waals surface area contributed by atoms with Crippen molar-refractivity contribution in [3.63, 3.8) is 0 Å². The van der Waals surface area contributed by atoms with Gasteiger partial charge < -0.3 is 10.1 Å².